The number of nitrogens with zero attached hydrogens (tertiary/aromatic N) is 1. The van der Waals surface area contributed by atoms with Crippen molar-refractivity contribution in [2.24, 2.45) is 0 Å². The SMILES string of the molecule is C[C@H](CCCCc1c[nH]c2ccc(Cl)cc12)NCc1ccc2cnccc2c1.Cl. The smallest absolute Gasteiger partial charge is 0.0457 e. The number of aromatic amines is 1. The van der Waals surface area contributed by atoms with Crippen molar-refractivity contribution in [1.82, 2.24) is 15.3 Å². The summed E-state index contributed by atoms with van der Waals surface area (Å²) in [6, 6.07) is 15.2. The largest absolute Gasteiger partial charge is 0.361 e. The Morgan fingerprint density at radius 1 is 1.07 bits per heavy atom. The Bertz CT molecular complexity index is 1070. The Labute approximate surface area is 183 Å². The first-order chi connectivity index (χ1) is 13.7. The summed E-state index contributed by atoms with van der Waals surface area (Å²) in [6.07, 6.45) is 10.6. The molecule has 0 spiro atoms. The number of hydrogen-bond acceptors (Lipinski definition) is 2. The lowest BCUT2D eigenvalue weighted by atomic mass is 10.0. The quantitative estimate of drug-likeness (QED) is 0.307. The van der Waals surface area contributed by atoms with Crippen molar-refractivity contribution < 1.29 is 0 Å². The van der Waals surface area contributed by atoms with Crippen LogP contribution < -0.4 is 5.32 Å². The summed E-state index contributed by atoms with van der Waals surface area (Å²) in [5.41, 5.74) is 3.85. The molecule has 0 radical (unpaired) electrons. The molecule has 29 heavy (non-hydrogen) atoms. The van der Waals surface area contributed by atoms with Crippen LogP contribution in [0, 0.1) is 0 Å². The van der Waals surface area contributed by atoms with E-state index < -0.39 is 0 Å². The fourth-order valence-corrected chi connectivity index (χ4v) is 3.93. The Kier molecular flexibility index (Phi) is 7.54. The number of halogens is 2. The van der Waals surface area contributed by atoms with Gasteiger partial charge in [0.15, 0.2) is 0 Å². The number of H-pyrrole nitrogens is 1. The van der Waals surface area contributed by atoms with E-state index in [4.69, 9.17) is 11.6 Å². The number of nitrogens with one attached hydrogen (secondary N) is 2. The van der Waals surface area contributed by atoms with Gasteiger partial charge in [0.1, 0.15) is 0 Å². The second kappa shape index (κ2) is 10.1. The summed E-state index contributed by atoms with van der Waals surface area (Å²) in [4.78, 5) is 7.52. The van der Waals surface area contributed by atoms with Gasteiger partial charge in [-0.1, -0.05) is 30.2 Å². The molecule has 2 aromatic carbocycles. The minimum atomic E-state index is 0. The van der Waals surface area contributed by atoms with E-state index in [2.05, 4.69) is 64.8 Å². The Balaban J connectivity index is 0.00000240. The van der Waals surface area contributed by atoms with Crippen LogP contribution in [0.1, 0.15) is 37.3 Å². The summed E-state index contributed by atoms with van der Waals surface area (Å²) in [5.74, 6) is 0. The summed E-state index contributed by atoms with van der Waals surface area (Å²) in [6.45, 7) is 3.18. The minimum Gasteiger partial charge on any atom is -0.361 e. The van der Waals surface area contributed by atoms with Crippen LogP contribution in [0.2, 0.25) is 5.02 Å². The second-order valence-corrected chi connectivity index (χ2v) is 8.03. The van der Waals surface area contributed by atoms with E-state index in [-0.39, 0.29) is 12.4 Å². The lowest BCUT2D eigenvalue weighted by Gasteiger charge is -2.14. The maximum absolute atomic E-state index is 6.14. The molecule has 2 heterocycles. The van der Waals surface area contributed by atoms with E-state index in [1.54, 1.807) is 0 Å². The molecule has 0 aliphatic heterocycles. The van der Waals surface area contributed by atoms with Crippen LogP contribution in [0.4, 0.5) is 0 Å². The van der Waals surface area contributed by atoms with Crippen molar-refractivity contribution >= 4 is 45.7 Å². The van der Waals surface area contributed by atoms with Crippen LogP contribution in [-0.4, -0.2) is 16.0 Å². The molecule has 0 aliphatic carbocycles. The molecular formula is C24H27Cl2N3. The number of pyridine rings is 1. The van der Waals surface area contributed by atoms with Gasteiger partial charge in [-0.15, -0.1) is 12.4 Å². The molecule has 0 fully saturated rings. The van der Waals surface area contributed by atoms with Crippen LogP contribution in [0.5, 0.6) is 0 Å². The van der Waals surface area contributed by atoms with Crippen molar-refractivity contribution in [2.45, 2.75) is 45.2 Å². The normalized spacial score (nSPS) is 12.2. The highest BCUT2D eigenvalue weighted by Crippen LogP contribution is 2.24. The Hall–Kier alpha value is -2.07. The number of unbranched alkanes of at least 4 members (excludes halogenated alkanes) is 1. The number of benzene rings is 2. The zero-order valence-electron chi connectivity index (χ0n) is 16.6. The molecule has 4 aromatic rings. The van der Waals surface area contributed by atoms with Crippen LogP contribution >= 0.6 is 24.0 Å². The molecule has 4 rings (SSSR count). The Morgan fingerprint density at radius 2 is 1.97 bits per heavy atom. The number of aryl methyl sites for hydroxylation is 1. The average molecular weight is 428 g/mol. The van der Waals surface area contributed by atoms with E-state index >= 15 is 0 Å². The van der Waals surface area contributed by atoms with Gasteiger partial charge in [-0.05, 0) is 73.0 Å². The topological polar surface area (TPSA) is 40.7 Å². The third-order valence-corrected chi connectivity index (χ3v) is 5.66. The van der Waals surface area contributed by atoms with Crippen molar-refractivity contribution in [3.05, 3.63) is 77.2 Å². The van der Waals surface area contributed by atoms with Gasteiger partial charge in [-0.2, -0.15) is 0 Å². The van der Waals surface area contributed by atoms with Crippen LogP contribution in [0.15, 0.2) is 61.1 Å². The maximum Gasteiger partial charge on any atom is 0.0457 e. The van der Waals surface area contributed by atoms with Gasteiger partial charge in [0.05, 0.1) is 0 Å². The number of fused-ring (bicyclic) bond motifs is 2. The first-order valence-corrected chi connectivity index (χ1v) is 10.4. The molecule has 1 atom stereocenters. The third-order valence-electron chi connectivity index (χ3n) is 5.42. The molecule has 0 bridgehead atoms. The number of rotatable bonds is 8. The van der Waals surface area contributed by atoms with Crippen molar-refractivity contribution in [2.75, 3.05) is 0 Å². The molecule has 0 saturated carbocycles. The molecule has 0 saturated heterocycles. The fraction of sp³-hybridized carbons (Fsp3) is 0.292. The average Bonchev–Trinajstić information content (AvgIpc) is 3.11. The third kappa shape index (κ3) is 5.51. The predicted octanol–water partition coefficient (Wildman–Crippen LogP) is 6.68. The fourth-order valence-electron chi connectivity index (χ4n) is 3.76. The van der Waals surface area contributed by atoms with E-state index in [1.165, 1.54) is 52.1 Å². The highest BCUT2D eigenvalue weighted by molar-refractivity contribution is 6.31. The highest BCUT2D eigenvalue weighted by Gasteiger charge is 2.06. The Morgan fingerprint density at radius 3 is 2.86 bits per heavy atom. The van der Waals surface area contributed by atoms with Crippen LogP contribution in [0.25, 0.3) is 21.7 Å². The number of hydrogen-bond donors (Lipinski definition) is 2. The molecule has 152 valence electrons. The predicted molar refractivity (Wildman–Crippen MR) is 126 cm³/mol. The summed E-state index contributed by atoms with van der Waals surface area (Å²) < 4.78 is 0. The molecule has 5 heteroatoms. The molecule has 0 unspecified atom stereocenters. The van der Waals surface area contributed by atoms with Gasteiger partial charge in [0, 0.05) is 52.5 Å². The molecule has 3 nitrogen and oxygen atoms in total. The zero-order chi connectivity index (χ0) is 19.3. The van der Waals surface area contributed by atoms with Gasteiger partial charge in [-0.25, -0.2) is 0 Å². The molecule has 0 amide bonds. The maximum atomic E-state index is 6.14. The van der Waals surface area contributed by atoms with Gasteiger partial charge in [0.25, 0.3) is 0 Å². The standard InChI is InChI=1S/C24H26ClN3.ClH/c1-17(27-14-18-6-7-20-15-26-11-10-19(20)12-18)4-2-3-5-21-16-28-24-9-8-22(25)13-23(21)24;/h6-13,15-17,27-28H,2-5,14H2,1H3;1H/t17-;/m1./s1. The van der Waals surface area contributed by atoms with Crippen molar-refractivity contribution in [1.29, 1.82) is 0 Å². The second-order valence-electron chi connectivity index (χ2n) is 7.59. The first kappa shape index (κ1) is 21.6. The van der Waals surface area contributed by atoms with Gasteiger partial charge in [0.2, 0.25) is 0 Å². The lowest BCUT2D eigenvalue weighted by molar-refractivity contribution is 0.489. The van der Waals surface area contributed by atoms with Crippen LogP contribution in [0.3, 0.4) is 0 Å². The van der Waals surface area contributed by atoms with Gasteiger partial charge < -0.3 is 10.3 Å². The van der Waals surface area contributed by atoms with Crippen molar-refractivity contribution in [3.8, 4) is 0 Å². The van der Waals surface area contributed by atoms with E-state index in [9.17, 15) is 0 Å². The number of aromatic nitrogens is 2. The molecule has 2 aromatic heterocycles. The molecule has 2 N–H and O–H groups in total. The van der Waals surface area contributed by atoms with E-state index in [1.807, 2.05) is 18.5 Å². The van der Waals surface area contributed by atoms with Crippen LogP contribution in [-0.2, 0) is 13.0 Å². The van der Waals surface area contributed by atoms with E-state index in [0.29, 0.717) is 6.04 Å². The lowest BCUT2D eigenvalue weighted by Crippen LogP contribution is -2.25. The van der Waals surface area contributed by atoms with Gasteiger partial charge >= 0.3 is 0 Å². The van der Waals surface area contributed by atoms with Crippen molar-refractivity contribution in [3.63, 3.8) is 0 Å². The monoisotopic (exact) mass is 427 g/mol. The summed E-state index contributed by atoms with van der Waals surface area (Å²) >= 11 is 6.14. The zero-order valence-corrected chi connectivity index (χ0v) is 18.2. The van der Waals surface area contributed by atoms with Gasteiger partial charge in [-0.3, -0.25) is 4.98 Å². The van der Waals surface area contributed by atoms with E-state index in [0.717, 1.165) is 18.0 Å². The highest BCUT2D eigenvalue weighted by atomic mass is 35.5. The summed E-state index contributed by atoms with van der Waals surface area (Å²) in [7, 11) is 0. The molecule has 0 aliphatic rings. The molecular weight excluding hydrogens is 401 g/mol. The minimum absolute atomic E-state index is 0. The summed E-state index contributed by atoms with van der Waals surface area (Å²) in [5, 5.41) is 8.16. The first-order valence-electron chi connectivity index (χ1n) is 10.0.